The molecule has 0 heterocycles. The quantitative estimate of drug-likeness (QED) is 0.590. The van der Waals surface area contributed by atoms with Crippen molar-refractivity contribution in [2.75, 3.05) is 11.1 Å². The van der Waals surface area contributed by atoms with Gasteiger partial charge in [0.2, 0.25) is 0 Å². The average Bonchev–Trinajstić information content (AvgIpc) is 2.25. The van der Waals surface area contributed by atoms with E-state index in [1.807, 2.05) is 0 Å². The Labute approximate surface area is 110 Å². The Kier molecular flexibility index (Phi) is 5.79. The third-order valence-electron chi connectivity index (χ3n) is 2.22. The molecule has 0 amide bonds. The lowest BCUT2D eigenvalue weighted by atomic mass is 10.3. The largest absolute Gasteiger partial charge is 0.224 e. The molecule has 2 nitrogen and oxygen atoms in total. The number of benzene rings is 1. The van der Waals surface area contributed by atoms with E-state index in [0.29, 0.717) is 11.4 Å². The molecular formula is C11H14BrClO2S. The fourth-order valence-electron chi connectivity index (χ4n) is 1.37. The van der Waals surface area contributed by atoms with E-state index in [0.717, 1.165) is 18.2 Å². The molecule has 0 radical (unpaired) electrons. The maximum atomic E-state index is 11.9. The minimum absolute atomic E-state index is 0.170. The zero-order chi connectivity index (χ0) is 12.0. The summed E-state index contributed by atoms with van der Waals surface area (Å²) in [4.78, 5) is 0.246. The summed E-state index contributed by atoms with van der Waals surface area (Å²) in [5.74, 6) is 0.170. The van der Waals surface area contributed by atoms with Gasteiger partial charge in [-0.05, 0) is 25.0 Å². The van der Waals surface area contributed by atoms with E-state index in [1.54, 1.807) is 24.3 Å². The molecule has 0 bridgehead atoms. The second kappa shape index (κ2) is 6.62. The van der Waals surface area contributed by atoms with E-state index in [4.69, 9.17) is 11.6 Å². The van der Waals surface area contributed by atoms with Gasteiger partial charge in [0.05, 0.1) is 15.7 Å². The maximum Gasteiger partial charge on any atom is 0.179 e. The van der Waals surface area contributed by atoms with Crippen molar-refractivity contribution < 1.29 is 8.42 Å². The average molecular weight is 326 g/mol. The van der Waals surface area contributed by atoms with Crippen molar-refractivity contribution in [1.82, 2.24) is 0 Å². The van der Waals surface area contributed by atoms with Crippen LogP contribution in [0.2, 0.25) is 5.02 Å². The highest BCUT2D eigenvalue weighted by Gasteiger charge is 2.16. The summed E-state index contributed by atoms with van der Waals surface area (Å²) in [5.41, 5.74) is 0. The van der Waals surface area contributed by atoms with Gasteiger partial charge in [-0.25, -0.2) is 8.42 Å². The summed E-state index contributed by atoms with van der Waals surface area (Å²) in [6.45, 7) is 0. The van der Waals surface area contributed by atoms with Crippen LogP contribution in [0.4, 0.5) is 0 Å². The lowest BCUT2D eigenvalue weighted by Gasteiger charge is -2.05. The molecule has 1 aromatic carbocycles. The van der Waals surface area contributed by atoms with E-state index in [2.05, 4.69) is 15.9 Å². The fraction of sp³-hybridized carbons (Fsp3) is 0.455. The molecule has 16 heavy (non-hydrogen) atoms. The van der Waals surface area contributed by atoms with Crippen LogP contribution in [-0.4, -0.2) is 19.5 Å². The summed E-state index contributed by atoms with van der Waals surface area (Å²) in [7, 11) is -3.22. The first-order chi connectivity index (χ1) is 7.58. The van der Waals surface area contributed by atoms with Crippen LogP contribution in [0.1, 0.15) is 19.3 Å². The monoisotopic (exact) mass is 324 g/mol. The van der Waals surface area contributed by atoms with Crippen LogP contribution in [0, 0.1) is 0 Å². The normalized spacial score (nSPS) is 11.6. The van der Waals surface area contributed by atoms with Crippen molar-refractivity contribution in [1.29, 1.82) is 0 Å². The Balaban J connectivity index is 2.68. The van der Waals surface area contributed by atoms with Crippen molar-refractivity contribution >= 4 is 37.4 Å². The minimum Gasteiger partial charge on any atom is -0.224 e. The van der Waals surface area contributed by atoms with Crippen molar-refractivity contribution in [3.8, 4) is 0 Å². The Bertz CT molecular complexity index is 431. The highest BCUT2D eigenvalue weighted by molar-refractivity contribution is 9.09. The molecule has 1 aromatic rings. The molecule has 0 spiro atoms. The first-order valence-corrected chi connectivity index (χ1v) is 8.26. The molecule has 5 heteroatoms. The molecule has 0 fully saturated rings. The van der Waals surface area contributed by atoms with Gasteiger partial charge in [-0.15, -0.1) is 0 Å². The van der Waals surface area contributed by atoms with Crippen LogP contribution in [0.25, 0.3) is 0 Å². The zero-order valence-corrected chi connectivity index (χ0v) is 12.0. The highest BCUT2D eigenvalue weighted by Crippen LogP contribution is 2.22. The molecule has 0 aliphatic carbocycles. The van der Waals surface area contributed by atoms with Crippen LogP contribution in [-0.2, 0) is 9.84 Å². The van der Waals surface area contributed by atoms with E-state index < -0.39 is 9.84 Å². The summed E-state index contributed by atoms with van der Waals surface area (Å²) < 4.78 is 23.8. The van der Waals surface area contributed by atoms with Gasteiger partial charge < -0.3 is 0 Å². The van der Waals surface area contributed by atoms with Crippen LogP contribution in [0.15, 0.2) is 29.2 Å². The van der Waals surface area contributed by atoms with E-state index in [-0.39, 0.29) is 10.6 Å². The minimum atomic E-state index is -3.22. The Hall–Kier alpha value is -0.0600. The molecule has 0 aromatic heterocycles. The Morgan fingerprint density at radius 3 is 2.44 bits per heavy atom. The number of hydrogen-bond acceptors (Lipinski definition) is 2. The summed E-state index contributed by atoms with van der Waals surface area (Å²) >= 11 is 9.18. The zero-order valence-electron chi connectivity index (χ0n) is 8.83. The Morgan fingerprint density at radius 2 is 1.81 bits per heavy atom. The highest BCUT2D eigenvalue weighted by atomic mass is 79.9. The fourth-order valence-corrected chi connectivity index (χ4v) is 3.71. The van der Waals surface area contributed by atoms with Crippen LogP contribution < -0.4 is 0 Å². The van der Waals surface area contributed by atoms with Gasteiger partial charge in [0.15, 0.2) is 9.84 Å². The lowest BCUT2D eigenvalue weighted by Crippen LogP contribution is -2.07. The third kappa shape index (κ3) is 4.07. The molecule has 0 aliphatic rings. The smallest absolute Gasteiger partial charge is 0.179 e. The number of sulfone groups is 1. The van der Waals surface area contributed by atoms with Crippen LogP contribution in [0.3, 0.4) is 0 Å². The molecule has 0 N–H and O–H groups in total. The van der Waals surface area contributed by atoms with E-state index in [1.165, 1.54) is 0 Å². The molecule has 90 valence electrons. The predicted octanol–water partition coefficient (Wildman–Crippen LogP) is 3.68. The van der Waals surface area contributed by atoms with Gasteiger partial charge in [0.25, 0.3) is 0 Å². The third-order valence-corrected chi connectivity index (χ3v) is 5.07. The van der Waals surface area contributed by atoms with Gasteiger partial charge in [0.1, 0.15) is 0 Å². The topological polar surface area (TPSA) is 34.1 Å². The van der Waals surface area contributed by atoms with Crippen molar-refractivity contribution in [2.45, 2.75) is 24.2 Å². The van der Waals surface area contributed by atoms with Gasteiger partial charge >= 0.3 is 0 Å². The van der Waals surface area contributed by atoms with Crippen LogP contribution in [0.5, 0.6) is 0 Å². The first kappa shape index (κ1) is 14.0. The molecule has 0 saturated heterocycles. The standard InChI is InChI=1S/C11H14BrClO2S/c12-8-4-1-5-9-16(14,15)11-7-3-2-6-10(11)13/h2-3,6-7H,1,4-5,8-9H2. The SMILES string of the molecule is O=S(=O)(CCCCCBr)c1ccccc1Cl. The van der Waals surface area contributed by atoms with Gasteiger partial charge in [-0.1, -0.05) is 46.1 Å². The number of halogens is 2. The van der Waals surface area contributed by atoms with Crippen LogP contribution >= 0.6 is 27.5 Å². The van der Waals surface area contributed by atoms with Gasteiger partial charge in [0, 0.05) is 5.33 Å². The number of hydrogen-bond donors (Lipinski definition) is 0. The second-order valence-electron chi connectivity index (χ2n) is 3.50. The second-order valence-corrected chi connectivity index (χ2v) is 6.78. The van der Waals surface area contributed by atoms with E-state index >= 15 is 0 Å². The van der Waals surface area contributed by atoms with E-state index in [9.17, 15) is 8.42 Å². The summed E-state index contributed by atoms with van der Waals surface area (Å²) in [6.07, 6.45) is 2.59. The molecule has 0 saturated carbocycles. The lowest BCUT2D eigenvalue weighted by molar-refractivity contribution is 0.591. The molecule has 0 atom stereocenters. The van der Waals surface area contributed by atoms with Gasteiger partial charge in [-0.3, -0.25) is 0 Å². The molecular weight excluding hydrogens is 312 g/mol. The molecule has 0 aliphatic heterocycles. The van der Waals surface area contributed by atoms with Gasteiger partial charge in [-0.2, -0.15) is 0 Å². The Morgan fingerprint density at radius 1 is 1.12 bits per heavy atom. The van der Waals surface area contributed by atoms with Crippen molar-refractivity contribution in [3.05, 3.63) is 29.3 Å². The molecule has 0 unspecified atom stereocenters. The number of alkyl halides is 1. The predicted molar refractivity (Wildman–Crippen MR) is 71.1 cm³/mol. The summed E-state index contributed by atoms with van der Waals surface area (Å²) in [5, 5.41) is 1.22. The van der Waals surface area contributed by atoms with Crippen molar-refractivity contribution in [3.63, 3.8) is 0 Å². The number of rotatable bonds is 6. The maximum absolute atomic E-state index is 11.9. The van der Waals surface area contributed by atoms with Crippen molar-refractivity contribution in [2.24, 2.45) is 0 Å². The molecule has 1 rings (SSSR count). The summed E-state index contributed by atoms with van der Waals surface area (Å²) in [6, 6.07) is 6.58. The number of unbranched alkanes of at least 4 members (excludes halogenated alkanes) is 2. The first-order valence-electron chi connectivity index (χ1n) is 5.11.